The highest BCUT2D eigenvalue weighted by Gasteiger charge is 2.07. The molecule has 0 spiro atoms. The van der Waals surface area contributed by atoms with Crippen LogP contribution >= 0.6 is 27.5 Å². The molecule has 0 aromatic carbocycles. The van der Waals surface area contributed by atoms with Crippen LogP contribution in [-0.2, 0) is 4.74 Å². The summed E-state index contributed by atoms with van der Waals surface area (Å²) < 4.78 is 11.0. The molecule has 0 saturated heterocycles. The van der Waals surface area contributed by atoms with Crippen molar-refractivity contribution in [1.29, 1.82) is 0 Å². The Morgan fingerprint density at radius 1 is 1.56 bits per heavy atom. The topological polar surface area (TPSA) is 57.4 Å². The van der Waals surface area contributed by atoms with Gasteiger partial charge in [-0.05, 0) is 22.0 Å². The number of halogens is 2. The number of aromatic nitrogens is 1. The van der Waals surface area contributed by atoms with Gasteiger partial charge in [0.15, 0.2) is 0 Å². The van der Waals surface area contributed by atoms with E-state index < -0.39 is 0 Å². The van der Waals surface area contributed by atoms with Crippen LogP contribution in [0, 0.1) is 0 Å². The monoisotopic (exact) mass is 306 g/mol. The molecule has 0 fully saturated rings. The summed E-state index contributed by atoms with van der Waals surface area (Å²) in [4.78, 5) is 4.05. The van der Waals surface area contributed by atoms with Crippen LogP contribution in [-0.4, -0.2) is 24.8 Å². The zero-order chi connectivity index (χ0) is 12.0. The highest BCUT2D eigenvalue weighted by molar-refractivity contribution is 9.10. The van der Waals surface area contributed by atoms with Gasteiger partial charge in [0.25, 0.3) is 0 Å². The maximum absolute atomic E-state index is 5.90. The van der Waals surface area contributed by atoms with E-state index in [4.69, 9.17) is 26.8 Å². The Bertz CT molecular complexity index is 374. The van der Waals surface area contributed by atoms with Crippen molar-refractivity contribution in [2.24, 2.45) is 0 Å². The average Bonchev–Trinajstić information content (AvgIpc) is 2.25. The molecule has 0 saturated carbocycles. The van der Waals surface area contributed by atoms with E-state index >= 15 is 0 Å². The van der Waals surface area contributed by atoms with Crippen LogP contribution in [0.15, 0.2) is 23.3 Å². The summed E-state index contributed by atoms with van der Waals surface area (Å²) in [6.45, 7) is 4.85. The van der Waals surface area contributed by atoms with E-state index in [2.05, 4.69) is 27.5 Å². The van der Waals surface area contributed by atoms with Crippen molar-refractivity contribution in [1.82, 2.24) is 4.98 Å². The first-order valence-corrected chi connectivity index (χ1v) is 5.75. The van der Waals surface area contributed by atoms with E-state index in [0.29, 0.717) is 41.0 Å². The molecule has 1 rings (SSSR count). The molecule has 1 aromatic rings. The van der Waals surface area contributed by atoms with Gasteiger partial charge in [-0.1, -0.05) is 17.7 Å². The lowest BCUT2D eigenvalue weighted by molar-refractivity contribution is 0.119. The third-order valence-corrected chi connectivity index (χ3v) is 2.53. The molecule has 0 aliphatic heterocycles. The standard InChI is InChI=1S/C10H12BrClN2O2/c1-2-3-15-4-5-16-10-7(12)6-8(13)9(11)14-10/h2,6H,1,3-5,13H2. The van der Waals surface area contributed by atoms with Crippen LogP contribution in [0.2, 0.25) is 5.02 Å². The van der Waals surface area contributed by atoms with Crippen LogP contribution in [0.4, 0.5) is 5.69 Å². The van der Waals surface area contributed by atoms with E-state index in [-0.39, 0.29) is 0 Å². The number of nitrogens with zero attached hydrogens (tertiary/aromatic N) is 1. The second-order valence-electron chi connectivity index (χ2n) is 2.87. The van der Waals surface area contributed by atoms with Gasteiger partial charge in [0.05, 0.1) is 18.9 Å². The molecular weight excluding hydrogens is 295 g/mol. The Kier molecular flexibility index (Phi) is 5.59. The minimum atomic E-state index is 0.338. The fourth-order valence-electron chi connectivity index (χ4n) is 0.930. The number of ether oxygens (including phenoxy) is 2. The molecule has 0 aliphatic carbocycles. The Balaban J connectivity index is 2.47. The van der Waals surface area contributed by atoms with Crippen molar-refractivity contribution in [2.75, 3.05) is 25.6 Å². The number of hydrogen-bond donors (Lipinski definition) is 1. The van der Waals surface area contributed by atoms with Crippen molar-refractivity contribution in [2.45, 2.75) is 0 Å². The number of pyridine rings is 1. The lowest BCUT2D eigenvalue weighted by Crippen LogP contribution is -2.08. The molecule has 0 radical (unpaired) electrons. The predicted octanol–water partition coefficient (Wildman–Crippen LogP) is 2.66. The molecule has 0 unspecified atom stereocenters. The van der Waals surface area contributed by atoms with Gasteiger partial charge in [-0.15, -0.1) is 6.58 Å². The fourth-order valence-corrected chi connectivity index (χ4v) is 1.42. The van der Waals surface area contributed by atoms with Crippen molar-refractivity contribution >= 4 is 33.2 Å². The molecule has 6 heteroatoms. The Labute approximate surface area is 108 Å². The molecule has 88 valence electrons. The van der Waals surface area contributed by atoms with Gasteiger partial charge in [-0.25, -0.2) is 4.98 Å². The summed E-state index contributed by atoms with van der Waals surface area (Å²) in [6, 6.07) is 1.58. The number of hydrogen-bond acceptors (Lipinski definition) is 4. The largest absolute Gasteiger partial charge is 0.474 e. The Morgan fingerprint density at radius 2 is 2.31 bits per heavy atom. The zero-order valence-corrected chi connectivity index (χ0v) is 10.9. The first kappa shape index (κ1) is 13.3. The predicted molar refractivity (Wildman–Crippen MR) is 67.9 cm³/mol. The summed E-state index contributed by atoms with van der Waals surface area (Å²) >= 11 is 9.09. The highest BCUT2D eigenvalue weighted by atomic mass is 79.9. The van der Waals surface area contributed by atoms with Gasteiger partial charge in [-0.2, -0.15) is 0 Å². The maximum Gasteiger partial charge on any atom is 0.233 e. The SMILES string of the molecule is C=CCOCCOc1nc(Br)c(N)cc1Cl. The van der Waals surface area contributed by atoms with Gasteiger partial charge in [-0.3, -0.25) is 0 Å². The lowest BCUT2D eigenvalue weighted by atomic mass is 10.4. The second-order valence-corrected chi connectivity index (χ2v) is 4.03. The molecule has 1 aromatic heterocycles. The molecule has 0 amide bonds. The summed E-state index contributed by atoms with van der Waals surface area (Å²) in [7, 11) is 0. The summed E-state index contributed by atoms with van der Waals surface area (Å²) in [5, 5.41) is 0.379. The van der Waals surface area contributed by atoms with Gasteiger partial charge < -0.3 is 15.2 Å². The van der Waals surface area contributed by atoms with Crippen LogP contribution in [0.25, 0.3) is 0 Å². The van der Waals surface area contributed by atoms with Gasteiger partial charge in [0, 0.05) is 0 Å². The van der Waals surface area contributed by atoms with Crippen molar-refractivity contribution < 1.29 is 9.47 Å². The maximum atomic E-state index is 5.90. The summed E-state index contributed by atoms with van der Waals surface area (Å²) in [5.41, 5.74) is 6.07. The normalized spacial score (nSPS) is 10.1. The molecule has 1 heterocycles. The van der Waals surface area contributed by atoms with E-state index in [9.17, 15) is 0 Å². The second kappa shape index (κ2) is 6.73. The van der Waals surface area contributed by atoms with Gasteiger partial charge in [0.1, 0.15) is 16.2 Å². The smallest absolute Gasteiger partial charge is 0.233 e. The number of nitrogen functional groups attached to an aromatic ring is 1. The highest BCUT2D eigenvalue weighted by Crippen LogP contribution is 2.28. The molecule has 0 atom stereocenters. The molecular formula is C10H12BrClN2O2. The van der Waals surface area contributed by atoms with Gasteiger partial charge in [0.2, 0.25) is 5.88 Å². The van der Waals surface area contributed by atoms with Crippen LogP contribution in [0.1, 0.15) is 0 Å². The summed E-state index contributed by atoms with van der Waals surface area (Å²) in [5.74, 6) is 0.338. The minimum absolute atomic E-state index is 0.338. The van der Waals surface area contributed by atoms with Gasteiger partial charge >= 0.3 is 0 Å². The molecule has 0 aliphatic rings. The Hall–Kier alpha value is -0.780. The molecule has 0 bridgehead atoms. The van der Waals surface area contributed by atoms with Crippen LogP contribution in [0.5, 0.6) is 5.88 Å². The van der Waals surface area contributed by atoms with Crippen molar-refractivity contribution in [3.8, 4) is 5.88 Å². The first-order chi connectivity index (χ1) is 7.65. The van der Waals surface area contributed by atoms with Crippen molar-refractivity contribution in [3.05, 3.63) is 28.3 Å². The third-order valence-electron chi connectivity index (χ3n) is 1.63. The quantitative estimate of drug-likeness (QED) is 0.499. The minimum Gasteiger partial charge on any atom is -0.474 e. The summed E-state index contributed by atoms with van der Waals surface area (Å²) in [6.07, 6.45) is 1.67. The van der Waals surface area contributed by atoms with Crippen LogP contribution < -0.4 is 10.5 Å². The zero-order valence-electron chi connectivity index (χ0n) is 8.58. The first-order valence-electron chi connectivity index (χ1n) is 4.58. The fraction of sp³-hybridized carbons (Fsp3) is 0.300. The molecule has 4 nitrogen and oxygen atoms in total. The van der Waals surface area contributed by atoms with E-state index in [0.717, 1.165) is 0 Å². The number of nitrogens with two attached hydrogens (primary N) is 1. The number of anilines is 1. The number of rotatable bonds is 6. The Morgan fingerprint density at radius 3 is 3.00 bits per heavy atom. The van der Waals surface area contributed by atoms with E-state index in [1.807, 2.05) is 0 Å². The van der Waals surface area contributed by atoms with Crippen LogP contribution in [0.3, 0.4) is 0 Å². The molecule has 16 heavy (non-hydrogen) atoms. The lowest BCUT2D eigenvalue weighted by Gasteiger charge is -2.08. The third kappa shape index (κ3) is 4.00. The van der Waals surface area contributed by atoms with Crippen molar-refractivity contribution in [3.63, 3.8) is 0 Å². The van der Waals surface area contributed by atoms with E-state index in [1.54, 1.807) is 12.1 Å². The average molecular weight is 308 g/mol. The van der Waals surface area contributed by atoms with E-state index in [1.165, 1.54) is 0 Å². The molecule has 2 N–H and O–H groups in total.